The molecule has 5 nitrogen and oxygen atoms in total. The van der Waals surface area contributed by atoms with Crippen LogP contribution in [0.4, 0.5) is 5.69 Å². The number of halogens is 1. The summed E-state index contributed by atoms with van der Waals surface area (Å²) in [4.78, 5) is 24.4. The van der Waals surface area contributed by atoms with Gasteiger partial charge in [0.1, 0.15) is 5.75 Å². The standard InChI is InChI=1S/C17H14ClNO4/c1-22-13-4-2-3-12(9-13)19-16(20)15-7-10-5-6-11(18)8-14(10)17(21)23-15/h2-6,8-9,15H,7H2,1H3,(H,19,20)/t15-/m0/s1. The number of esters is 1. The van der Waals surface area contributed by atoms with Gasteiger partial charge >= 0.3 is 5.97 Å². The van der Waals surface area contributed by atoms with Crippen LogP contribution in [-0.2, 0) is 16.0 Å². The monoisotopic (exact) mass is 331 g/mol. The molecule has 1 atom stereocenters. The van der Waals surface area contributed by atoms with Gasteiger partial charge in [0, 0.05) is 23.2 Å². The first kappa shape index (κ1) is 15.4. The molecule has 0 aromatic heterocycles. The van der Waals surface area contributed by atoms with E-state index in [2.05, 4.69) is 5.32 Å². The number of nitrogens with one attached hydrogen (secondary N) is 1. The van der Waals surface area contributed by atoms with E-state index in [1.54, 1.807) is 49.6 Å². The van der Waals surface area contributed by atoms with Gasteiger partial charge in [0.2, 0.25) is 0 Å². The maximum absolute atomic E-state index is 12.3. The lowest BCUT2D eigenvalue weighted by atomic mass is 9.98. The quantitative estimate of drug-likeness (QED) is 0.878. The molecular formula is C17H14ClNO4. The van der Waals surface area contributed by atoms with Crippen LogP contribution < -0.4 is 10.1 Å². The van der Waals surface area contributed by atoms with E-state index in [4.69, 9.17) is 21.1 Å². The number of rotatable bonds is 3. The minimum Gasteiger partial charge on any atom is -0.497 e. The molecule has 1 N–H and O–H groups in total. The number of ether oxygens (including phenoxy) is 2. The van der Waals surface area contributed by atoms with E-state index in [1.807, 2.05) is 0 Å². The van der Waals surface area contributed by atoms with Crippen LogP contribution in [0.2, 0.25) is 5.02 Å². The second kappa shape index (κ2) is 6.30. The number of hydrogen-bond acceptors (Lipinski definition) is 4. The molecule has 3 rings (SSSR count). The molecule has 0 aliphatic carbocycles. The lowest BCUT2D eigenvalue weighted by Gasteiger charge is -2.24. The Morgan fingerprint density at radius 3 is 2.91 bits per heavy atom. The van der Waals surface area contributed by atoms with Gasteiger partial charge in [-0.3, -0.25) is 4.79 Å². The molecule has 0 unspecified atom stereocenters. The van der Waals surface area contributed by atoms with Crippen molar-refractivity contribution in [3.8, 4) is 5.75 Å². The molecule has 2 aromatic carbocycles. The van der Waals surface area contributed by atoms with E-state index in [-0.39, 0.29) is 5.91 Å². The van der Waals surface area contributed by atoms with Gasteiger partial charge in [-0.2, -0.15) is 0 Å². The van der Waals surface area contributed by atoms with Crippen LogP contribution in [0.1, 0.15) is 15.9 Å². The second-order valence-electron chi connectivity index (χ2n) is 5.12. The Morgan fingerprint density at radius 2 is 2.13 bits per heavy atom. The maximum atomic E-state index is 12.3. The van der Waals surface area contributed by atoms with Gasteiger partial charge in [-0.05, 0) is 29.8 Å². The molecule has 0 fully saturated rings. The highest BCUT2D eigenvalue weighted by Crippen LogP contribution is 2.25. The first-order chi connectivity index (χ1) is 11.1. The van der Waals surface area contributed by atoms with E-state index in [0.717, 1.165) is 5.56 Å². The summed E-state index contributed by atoms with van der Waals surface area (Å²) in [7, 11) is 1.55. The molecule has 0 saturated heterocycles. The Hall–Kier alpha value is -2.53. The summed E-state index contributed by atoms with van der Waals surface area (Å²) in [5, 5.41) is 3.19. The third-order valence-corrected chi connectivity index (χ3v) is 3.81. The molecule has 0 saturated carbocycles. The summed E-state index contributed by atoms with van der Waals surface area (Å²) >= 11 is 5.88. The number of carbonyl (C=O) groups is 2. The number of amides is 1. The highest BCUT2D eigenvalue weighted by Gasteiger charge is 2.31. The Morgan fingerprint density at radius 1 is 1.30 bits per heavy atom. The summed E-state index contributed by atoms with van der Waals surface area (Å²) in [6.45, 7) is 0. The zero-order chi connectivity index (χ0) is 16.4. The van der Waals surface area contributed by atoms with Gasteiger partial charge in [-0.15, -0.1) is 0 Å². The predicted octanol–water partition coefficient (Wildman–Crippen LogP) is 3.07. The minimum absolute atomic E-state index is 0.314. The molecule has 118 valence electrons. The molecule has 1 aliphatic heterocycles. The molecule has 6 heteroatoms. The molecule has 0 bridgehead atoms. The van der Waals surface area contributed by atoms with E-state index in [9.17, 15) is 9.59 Å². The summed E-state index contributed by atoms with van der Waals surface area (Å²) in [5.41, 5.74) is 1.73. The van der Waals surface area contributed by atoms with Crippen LogP contribution in [0.25, 0.3) is 0 Å². The first-order valence-electron chi connectivity index (χ1n) is 7.01. The van der Waals surface area contributed by atoms with Crippen LogP contribution >= 0.6 is 11.6 Å². The number of methoxy groups -OCH3 is 1. The normalized spacial score (nSPS) is 16.3. The maximum Gasteiger partial charge on any atom is 0.339 e. The Kier molecular flexibility index (Phi) is 4.21. The van der Waals surface area contributed by atoms with Gasteiger partial charge in [-0.1, -0.05) is 23.7 Å². The largest absolute Gasteiger partial charge is 0.497 e. The van der Waals surface area contributed by atoms with E-state index in [0.29, 0.717) is 28.4 Å². The minimum atomic E-state index is -0.873. The van der Waals surface area contributed by atoms with Crippen molar-refractivity contribution in [3.05, 3.63) is 58.6 Å². The lowest BCUT2D eigenvalue weighted by molar-refractivity contribution is -0.125. The van der Waals surface area contributed by atoms with Crippen LogP contribution in [0.5, 0.6) is 5.75 Å². The van der Waals surface area contributed by atoms with Gasteiger partial charge in [0.15, 0.2) is 6.10 Å². The van der Waals surface area contributed by atoms with Crippen molar-refractivity contribution in [3.63, 3.8) is 0 Å². The number of benzene rings is 2. The molecule has 0 spiro atoms. The number of fused-ring (bicyclic) bond motifs is 1. The molecule has 0 radical (unpaired) electrons. The van der Waals surface area contributed by atoms with Crippen LogP contribution in [0.3, 0.4) is 0 Å². The predicted molar refractivity (Wildman–Crippen MR) is 86.0 cm³/mol. The Labute approximate surface area is 138 Å². The van der Waals surface area contributed by atoms with E-state index >= 15 is 0 Å². The highest BCUT2D eigenvalue weighted by atomic mass is 35.5. The van der Waals surface area contributed by atoms with Crippen LogP contribution in [-0.4, -0.2) is 25.1 Å². The van der Waals surface area contributed by atoms with Gasteiger partial charge < -0.3 is 14.8 Å². The van der Waals surface area contributed by atoms with E-state index in [1.165, 1.54) is 0 Å². The summed E-state index contributed by atoms with van der Waals surface area (Å²) < 4.78 is 10.3. The molecule has 1 aliphatic rings. The fourth-order valence-electron chi connectivity index (χ4n) is 2.42. The fraction of sp³-hybridized carbons (Fsp3) is 0.176. The fourth-order valence-corrected chi connectivity index (χ4v) is 2.59. The van der Waals surface area contributed by atoms with Crippen LogP contribution in [0.15, 0.2) is 42.5 Å². The smallest absolute Gasteiger partial charge is 0.339 e. The number of carbonyl (C=O) groups excluding carboxylic acids is 2. The zero-order valence-electron chi connectivity index (χ0n) is 12.3. The number of anilines is 1. The highest BCUT2D eigenvalue weighted by molar-refractivity contribution is 6.31. The van der Waals surface area contributed by atoms with Crippen molar-refractivity contribution in [2.24, 2.45) is 0 Å². The first-order valence-corrected chi connectivity index (χ1v) is 7.39. The number of hydrogen-bond donors (Lipinski definition) is 1. The van der Waals surface area contributed by atoms with Crippen molar-refractivity contribution in [2.45, 2.75) is 12.5 Å². The van der Waals surface area contributed by atoms with Gasteiger partial charge in [-0.25, -0.2) is 4.79 Å². The molecule has 1 heterocycles. The molecular weight excluding hydrogens is 318 g/mol. The average molecular weight is 332 g/mol. The molecule has 1 amide bonds. The second-order valence-corrected chi connectivity index (χ2v) is 5.56. The Balaban J connectivity index is 1.76. The topological polar surface area (TPSA) is 64.6 Å². The van der Waals surface area contributed by atoms with Crippen molar-refractivity contribution in [1.29, 1.82) is 0 Å². The zero-order valence-corrected chi connectivity index (χ0v) is 13.1. The average Bonchev–Trinajstić information content (AvgIpc) is 2.55. The van der Waals surface area contributed by atoms with Crippen molar-refractivity contribution >= 4 is 29.2 Å². The van der Waals surface area contributed by atoms with Gasteiger partial charge in [0.25, 0.3) is 5.91 Å². The van der Waals surface area contributed by atoms with E-state index < -0.39 is 12.1 Å². The SMILES string of the molecule is COc1cccc(NC(=O)[C@@H]2Cc3ccc(Cl)cc3C(=O)O2)c1. The molecule has 23 heavy (non-hydrogen) atoms. The lowest BCUT2D eigenvalue weighted by Crippen LogP contribution is -2.38. The summed E-state index contributed by atoms with van der Waals surface area (Å²) in [6.07, 6.45) is -0.559. The van der Waals surface area contributed by atoms with Gasteiger partial charge in [0.05, 0.1) is 12.7 Å². The van der Waals surface area contributed by atoms with Crippen molar-refractivity contribution in [1.82, 2.24) is 0 Å². The Bertz CT molecular complexity index is 775. The third-order valence-electron chi connectivity index (χ3n) is 3.58. The van der Waals surface area contributed by atoms with Crippen molar-refractivity contribution < 1.29 is 19.1 Å². The third kappa shape index (κ3) is 3.29. The summed E-state index contributed by atoms with van der Waals surface area (Å²) in [5.74, 6) is -0.296. The summed E-state index contributed by atoms with van der Waals surface area (Å²) in [6, 6.07) is 11.9. The van der Waals surface area contributed by atoms with Crippen molar-refractivity contribution in [2.75, 3.05) is 12.4 Å². The number of cyclic esters (lactones) is 1. The van der Waals surface area contributed by atoms with Crippen LogP contribution in [0, 0.1) is 0 Å². The molecule has 2 aromatic rings.